The van der Waals surface area contributed by atoms with Gasteiger partial charge < -0.3 is 5.11 Å². The summed E-state index contributed by atoms with van der Waals surface area (Å²) in [6, 6.07) is 3.93. The fraction of sp³-hybridized carbons (Fsp3) is 0.444. The Morgan fingerprint density at radius 1 is 1.75 bits per heavy atom. The molecule has 0 saturated carbocycles. The van der Waals surface area contributed by atoms with Gasteiger partial charge in [-0.15, -0.1) is 11.3 Å². The molecule has 2 nitrogen and oxygen atoms in total. The molecular formula is C9H11NOS. The van der Waals surface area contributed by atoms with E-state index in [9.17, 15) is 5.11 Å². The molecule has 1 unspecified atom stereocenters. The van der Waals surface area contributed by atoms with E-state index in [1.165, 1.54) is 11.3 Å². The Bertz CT molecular complexity index is 309. The number of thiophene rings is 1. The Labute approximate surface area is 76.1 Å². The van der Waals surface area contributed by atoms with E-state index in [0.717, 1.165) is 10.4 Å². The van der Waals surface area contributed by atoms with Crippen molar-refractivity contribution in [3.63, 3.8) is 0 Å². The van der Waals surface area contributed by atoms with Crippen LogP contribution >= 0.6 is 11.3 Å². The number of nitrogens with zero attached hydrogens (tertiary/aromatic N) is 1. The van der Waals surface area contributed by atoms with Crippen LogP contribution in [0.2, 0.25) is 0 Å². The van der Waals surface area contributed by atoms with Crippen LogP contribution in [0.4, 0.5) is 0 Å². The van der Waals surface area contributed by atoms with E-state index in [-0.39, 0.29) is 6.42 Å². The van der Waals surface area contributed by atoms with Crippen LogP contribution in [0.1, 0.15) is 23.8 Å². The molecule has 1 N–H and O–H groups in total. The van der Waals surface area contributed by atoms with Crippen molar-refractivity contribution in [3.8, 4) is 6.07 Å². The summed E-state index contributed by atoms with van der Waals surface area (Å²) in [5, 5.41) is 20.3. The first kappa shape index (κ1) is 9.24. The van der Waals surface area contributed by atoms with Crippen LogP contribution in [0.3, 0.4) is 0 Å². The number of rotatable bonds is 2. The van der Waals surface area contributed by atoms with E-state index in [2.05, 4.69) is 0 Å². The summed E-state index contributed by atoms with van der Waals surface area (Å²) < 4.78 is 0. The predicted molar refractivity (Wildman–Crippen MR) is 48.9 cm³/mol. The molecule has 0 saturated heterocycles. The molecule has 0 radical (unpaired) electrons. The van der Waals surface area contributed by atoms with Crippen LogP contribution in [-0.2, 0) is 5.60 Å². The van der Waals surface area contributed by atoms with E-state index in [4.69, 9.17) is 5.26 Å². The van der Waals surface area contributed by atoms with Crippen LogP contribution in [-0.4, -0.2) is 5.11 Å². The zero-order valence-electron chi connectivity index (χ0n) is 7.16. The zero-order valence-corrected chi connectivity index (χ0v) is 7.98. The highest BCUT2D eigenvalue weighted by atomic mass is 32.1. The molecule has 0 spiro atoms. The average molecular weight is 181 g/mol. The molecule has 1 heterocycles. The number of hydrogen-bond acceptors (Lipinski definition) is 3. The van der Waals surface area contributed by atoms with Crippen molar-refractivity contribution in [2.24, 2.45) is 0 Å². The molecule has 1 aromatic rings. The SMILES string of the molecule is Cc1ccsc1C(C)(O)CC#N. The van der Waals surface area contributed by atoms with E-state index < -0.39 is 5.60 Å². The Morgan fingerprint density at radius 3 is 2.83 bits per heavy atom. The minimum absolute atomic E-state index is 0.147. The van der Waals surface area contributed by atoms with Gasteiger partial charge >= 0.3 is 0 Å². The molecule has 1 rings (SSSR count). The first-order valence-corrected chi connectivity index (χ1v) is 4.60. The lowest BCUT2D eigenvalue weighted by Gasteiger charge is -2.18. The van der Waals surface area contributed by atoms with Crippen LogP contribution < -0.4 is 0 Å². The molecule has 1 aromatic heterocycles. The molecule has 0 amide bonds. The molecule has 1 atom stereocenters. The van der Waals surface area contributed by atoms with Crippen molar-refractivity contribution < 1.29 is 5.11 Å². The Hall–Kier alpha value is -0.850. The zero-order chi connectivity index (χ0) is 9.19. The van der Waals surface area contributed by atoms with Crippen LogP contribution in [0.25, 0.3) is 0 Å². The van der Waals surface area contributed by atoms with Gasteiger partial charge in [0, 0.05) is 4.88 Å². The van der Waals surface area contributed by atoms with E-state index in [1.807, 2.05) is 24.4 Å². The maximum absolute atomic E-state index is 9.84. The highest BCUT2D eigenvalue weighted by Gasteiger charge is 2.25. The monoisotopic (exact) mass is 181 g/mol. The molecule has 0 aliphatic heterocycles. The highest BCUT2D eigenvalue weighted by molar-refractivity contribution is 7.10. The second-order valence-electron chi connectivity index (χ2n) is 3.04. The fourth-order valence-corrected chi connectivity index (χ4v) is 2.15. The number of nitriles is 1. The van der Waals surface area contributed by atoms with E-state index >= 15 is 0 Å². The van der Waals surface area contributed by atoms with Crippen LogP contribution in [0.5, 0.6) is 0 Å². The molecule has 0 bridgehead atoms. The molecule has 64 valence electrons. The van der Waals surface area contributed by atoms with Gasteiger partial charge in [-0.25, -0.2) is 0 Å². The summed E-state index contributed by atoms with van der Waals surface area (Å²) >= 11 is 1.50. The van der Waals surface area contributed by atoms with Gasteiger partial charge in [-0.1, -0.05) is 0 Å². The molecule has 3 heteroatoms. The summed E-state index contributed by atoms with van der Waals surface area (Å²) in [5.74, 6) is 0. The summed E-state index contributed by atoms with van der Waals surface area (Å²) in [4.78, 5) is 0.893. The molecule has 0 aliphatic carbocycles. The number of aryl methyl sites for hydroxylation is 1. The van der Waals surface area contributed by atoms with Gasteiger partial charge in [-0.3, -0.25) is 0 Å². The van der Waals surface area contributed by atoms with E-state index in [1.54, 1.807) is 6.92 Å². The van der Waals surface area contributed by atoms with Gasteiger partial charge in [-0.05, 0) is 30.9 Å². The second-order valence-corrected chi connectivity index (χ2v) is 3.96. The van der Waals surface area contributed by atoms with Gasteiger partial charge in [0.1, 0.15) is 5.60 Å². The lowest BCUT2D eigenvalue weighted by molar-refractivity contribution is 0.0657. The van der Waals surface area contributed by atoms with Gasteiger partial charge in [0.05, 0.1) is 12.5 Å². The third-order valence-electron chi connectivity index (χ3n) is 1.77. The summed E-state index contributed by atoms with van der Waals surface area (Å²) in [5.41, 5.74) is 0.0766. The summed E-state index contributed by atoms with van der Waals surface area (Å²) in [6.07, 6.45) is 0.147. The highest BCUT2D eigenvalue weighted by Crippen LogP contribution is 2.31. The Kier molecular flexibility index (Phi) is 2.51. The lowest BCUT2D eigenvalue weighted by atomic mass is 9.99. The third kappa shape index (κ3) is 1.66. The molecule has 0 aliphatic rings. The number of hydrogen-bond donors (Lipinski definition) is 1. The standard InChI is InChI=1S/C9H11NOS/c1-7-3-6-12-8(7)9(2,11)4-5-10/h3,6,11H,4H2,1-2H3. The molecule has 12 heavy (non-hydrogen) atoms. The minimum atomic E-state index is -0.979. The van der Waals surface area contributed by atoms with Crippen LogP contribution in [0, 0.1) is 18.3 Å². The minimum Gasteiger partial charge on any atom is -0.384 e. The summed E-state index contributed by atoms with van der Waals surface area (Å²) in [6.45, 7) is 3.62. The quantitative estimate of drug-likeness (QED) is 0.760. The van der Waals surface area contributed by atoms with Crippen molar-refractivity contribution in [2.45, 2.75) is 25.9 Å². The van der Waals surface area contributed by atoms with Crippen LogP contribution in [0.15, 0.2) is 11.4 Å². The predicted octanol–water partition coefficient (Wildman–Crippen LogP) is 2.18. The average Bonchev–Trinajstić information content (AvgIpc) is 2.35. The van der Waals surface area contributed by atoms with Gasteiger partial charge in [-0.2, -0.15) is 5.26 Å². The van der Waals surface area contributed by atoms with Gasteiger partial charge in [0.15, 0.2) is 0 Å². The molecular weight excluding hydrogens is 170 g/mol. The normalized spacial score (nSPS) is 15.2. The first-order chi connectivity index (χ1) is 5.58. The Morgan fingerprint density at radius 2 is 2.42 bits per heavy atom. The van der Waals surface area contributed by atoms with Gasteiger partial charge in [0.2, 0.25) is 0 Å². The maximum Gasteiger partial charge on any atom is 0.109 e. The topological polar surface area (TPSA) is 44.0 Å². The maximum atomic E-state index is 9.84. The van der Waals surface area contributed by atoms with Crippen molar-refractivity contribution >= 4 is 11.3 Å². The third-order valence-corrected chi connectivity index (χ3v) is 3.04. The largest absolute Gasteiger partial charge is 0.384 e. The van der Waals surface area contributed by atoms with E-state index in [0.29, 0.717) is 0 Å². The van der Waals surface area contributed by atoms with Crippen molar-refractivity contribution in [1.29, 1.82) is 5.26 Å². The Balaban J connectivity index is 2.98. The van der Waals surface area contributed by atoms with Gasteiger partial charge in [0.25, 0.3) is 0 Å². The van der Waals surface area contributed by atoms with Crippen molar-refractivity contribution in [3.05, 3.63) is 21.9 Å². The van der Waals surface area contributed by atoms with Crippen molar-refractivity contribution in [2.75, 3.05) is 0 Å². The first-order valence-electron chi connectivity index (χ1n) is 3.72. The fourth-order valence-electron chi connectivity index (χ4n) is 1.16. The van der Waals surface area contributed by atoms with Crippen molar-refractivity contribution in [1.82, 2.24) is 0 Å². The smallest absolute Gasteiger partial charge is 0.109 e. The molecule has 0 fully saturated rings. The second kappa shape index (κ2) is 3.26. The molecule has 0 aromatic carbocycles. The number of aliphatic hydroxyl groups is 1. The summed E-state index contributed by atoms with van der Waals surface area (Å²) in [7, 11) is 0. The lowest BCUT2D eigenvalue weighted by Crippen LogP contribution is -2.19.